The summed E-state index contributed by atoms with van der Waals surface area (Å²) in [6.07, 6.45) is 1.73. The van der Waals surface area contributed by atoms with Crippen molar-refractivity contribution >= 4 is 35.0 Å². The molecule has 0 N–H and O–H groups in total. The van der Waals surface area contributed by atoms with Gasteiger partial charge in [0.1, 0.15) is 12.3 Å². The summed E-state index contributed by atoms with van der Waals surface area (Å²) in [4.78, 5) is 29.2. The number of fused-ring (bicyclic) bond motifs is 1. The highest BCUT2D eigenvalue weighted by molar-refractivity contribution is 8.00. The van der Waals surface area contributed by atoms with Crippen molar-refractivity contribution in [3.8, 4) is 0 Å². The predicted molar refractivity (Wildman–Crippen MR) is 98.2 cm³/mol. The van der Waals surface area contributed by atoms with Crippen LogP contribution in [0.25, 0.3) is 5.65 Å². The van der Waals surface area contributed by atoms with Gasteiger partial charge in [0.15, 0.2) is 0 Å². The van der Waals surface area contributed by atoms with Gasteiger partial charge in [-0.15, -0.1) is 11.8 Å². The van der Waals surface area contributed by atoms with Crippen molar-refractivity contribution in [3.05, 3.63) is 75.3 Å². The third kappa shape index (κ3) is 4.61. The van der Waals surface area contributed by atoms with E-state index in [0.29, 0.717) is 16.4 Å². The molecule has 0 bridgehead atoms. The van der Waals surface area contributed by atoms with Crippen molar-refractivity contribution in [2.24, 2.45) is 0 Å². The molecule has 5 nitrogen and oxygen atoms in total. The van der Waals surface area contributed by atoms with Gasteiger partial charge in [-0.3, -0.25) is 14.0 Å². The molecule has 0 aliphatic rings. The lowest BCUT2D eigenvalue weighted by Crippen LogP contribution is -2.17. The molecule has 0 radical (unpaired) electrons. The Morgan fingerprint density at radius 3 is 2.76 bits per heavy atom. The molecule has 0 aliphatic heterocycles. The quantitative estimate of drug-likeness (QED) is 0.505. The van der Waals surface area contributed by atoms with Crippen LogP contribution >= 0.6 is 23.4 Å². The molecular weight excluding hydrogens is 360 g/mol. The first kappa shape index (κ1) is 17.5. The second kappa shape index (κ2) is 7.72. The number of aryl methyl sites for hydroxylation is 1. The molecule has 0 aliphatic carbocycles. The highest BCUT2D eigenvalue weighted by Gasteiger charge is 2.08. The number of halogens is 1. The molecule has 0 saturated heterocycles. The molecule has 128 valence electrons. The van der Waals surface area contributed by atoms with Crippen LogP contribution in [0.5, 0.6) is 0 Å². The smallest absolute Gasteiger partial charge is 0.316 e. The SMILES string of the molecule is Cc1ccc2nc(COC(=O)CSc3ccc(Cl)cc3)cc(=O)n2c1. The summed E-state index contributed by atoms with van der Waals surface area (Å²) in [5.74, 6) is -0.196. The molecule has 0 atom stereocenters. The Bertz CT molecular complexity index is 970. The van der Waals surface area contributed by atoms with E-state index >= 15 is 0 Å². The number of pyridine rings is 1. The summed E-state index contributed by atoms with van der Waals surface area (Å²) in [5, 5.41) is 0.649. The molecule has 0 amide bonds. The first-order valence-corrected chi connectivity index (χ1v) is 8.90. The number of nitrogens with zero attached hydrogens (tertiary/aromatic N) is 2. The Morgan fingerprint density at radius 1 is 1.24 bits per heavy atom. The number of carbonyl (C=O) groups is 1. The van der Waals surface area contributed by atoms with Crippen LogP contribution in [-0.2, 0) is 16.1 Å². The normalized spacial score (nSPS) is 10.8. The fraction of sp³-hybridized carbons (Fsp3) is 0.167. The van der Waals surface area contributed by atoms with Gasteiger partial charge in [0, 0.05) is 22.2 Å². The zero-order valence-electron chi connectivity index (χ0n) is 13.4. The van der Waals surface area contributed by atoms with E-state index in [1.807, 2.05) is 25.1 Å². The van der Waals surface area contributed by atoms with E-state index in [1.165, 1.54) is 22.2 Å². The van der Waals surface area contributed by atoms with Crippen LogP contribution in [-0.4, -0.2) is 21.1 Å². The van der Waals surface area contributed by atoms with Gasteiger partial charge >= 0.3 is 5.97 Å². The Kier molecular flexibility index (Phi) is 5.40. The number of thioether (sulfide) groups is 1. The Morgan fingerprint density at radius 2 is 2.00 bits per heavy atom. The van der Waals surface area contributed by atoms with Gasteiger partial charge in [-0.05, 0) is 42.8 Å². The molecule has 0 saturated carbocycles. The standard InChI is InChI=1S/C18H15ClN2O3S/c1-12-2-7-16-20-14(8-17(22)21(16)9-12)10-24-18(23)11-25-15-5-3-13(19)4-6-15/h2-9H,10-11H2,1H3. The third-order valence-corrected chi connectivity index (χ3v) is 4.65. The first-order chi connectivity index (χ1) is 12.0. The van der Waals surface area contributed by atoms with Crippen molar-refractivity contribution in [1.29, 1.82) is 0 Å². The zero-order chi connectivity index (χ0) is 17.8. The first-order valence-electron chi connectivity index (χ1n) is 7.54. The monoisotopic (exact) mass is 374 g/mol. The number of hydrogen-bond acceptors (Lipinski definition) is 5. The molecule has 25 heavy (non-hydrogen) atoms. The van der Waals surface area contributed by atoms with Crippen molar-refractivity contribution in [2.75, 3.05) is 5.75 Å². The van der Waals surface area contributed by atoms with E-state index in [2.05, 4.69) is 4.98 Å². The summed E-state index contributed by atoms with van der Waals surface area (Å²) >= 11 is 7.18. The number of carbonyl (C=O) groups excluding carboxylic acids is 1. The van der Waals surface area contributed by atoms with Crippen LogP contribution in [0.4, 0.5) is 0 Å². The van der Waals surface area contributed by atoms with Crippen molar-refractivity contribution in [2.45, 2.75) is 18.4 Å². The molecule has 7 heteroatoms. The number of hydrogen-bond donors (Lipinski definition) is 0. The molecule has 1 aromatic carbocycles. The lowest BCUT2D eigenvalue weighted by atomic mass is 10.3. The van der Waals surface area contributed by atoms with Gasteiger partial charge in [0.2, 0.25) is 0 Å². The molecule has 0 spiro atoms. The van der Waals surface area contributed by atoms with E-state index in [0.717, 1.165) is 10.5 Å². The number of esters is 1. The molecule has 2 aromatic heterocycles. The minimum absolute atomic E-state index is 0.0281. The Balaban J connectivity index is 1.60. The summed E-state index contributed by atoms with van der Waals surface area (Å²) in [6, 6.07) is 12.2. The average Bonchev–Trinajstić information content (AvgIpc) is 2.60. The molecule has 3 aromatic rings. The topological polar surface area (TPSA) is 60.7 Å². The summed E-state index contributed by atoms with van der Waals surface area (Å²) in [5.41, 5.74) is 1.73. The van der Waals surface area contributed by atoms with Crippen LogP contribution in [0, 0.1) is 6.92 Å². The predicted octanol–water partition coefficient (Wildman–Crippen LogP) is 3.49. The maximum Gasteiger partial charge on any atom is 0.316 e. The van der Waals surface area contributed by atoms with Crippen molar-refractivity contribution < 1.29 is 9.53 Å². The third-order valence-electron chi connectivity index (χ3n) is 3.41. The van der Waals surface area contributed by atoms with E-state index < -0.39 is 0 Å². The Hall–Kier alpha value is -2.31. The summed E-state index contributed by atoms with van der Waals surface area (Å²) in [7, 11) is 0. The van der Waals surface area contributed by atoms with Gasteiger partial charge in [-0.1, -0.05) is 17.7 Å². The van der Waals surface area contributed by atoms with Crippen molar-refractivity contribution in [3.63, 3.8) is 0 Å². The maximum atomic E-state index is 12.1. The minimum atomic E-state index is -0.370. The molecule has 0 unspecified atom stereocenters. The maximum absolute atomic E-state index is 12.1. The average molecular weight is 375 g/mol. The summed E-state index contributed by atoms with van der Waals surface area (Å²) < 4.78 is 6.67. The van der Waals surface area contributed by atoms with Crippen LogP contribution in [0.2, 0.25) is 5.02 Å². The molecule has 3 rings (SSSR count). The largest absolute Gasteiger partial charge is 0.459 e. The van der Waals surface area contributed by atoms with E-state index in [-0.39, 0.29) is 23.9 Å². The van der Waals surface area contributed by atoms with Crippen LogP contribution in [0.15, 0.2) is 58.4 Å². The fourth-order valence-corrected chi connectivity index (χ4v) is 3.02. The number of benzene rings is 1. The number of ether oxygens (including phenoxy) is 1. The van der Waals surface area contributed by atoms with Crippen LogP contribution in [0.3, 0.4) is 0 Å². The lowest BCUT2D eigenvalue weighted by Gasteiger charge is -2.06. The number of rotatable bonds is 5. The lowest BCUT2D eigenvalue weighted by molar-refractivity contribution is -0.141. The highest BCUT2D eigenvalue weighted by Crippen LogP contribution is 2.20. The summed E-state index contributed by atoms with van der Waals surface area (Å²) in [6.45, 7) is 1.87. The van der Waals surface area contributed by atoms with E-state index in [9.17, 15) is 9.59 Å². The zero-order valence-corrected chi connectivity index (χ0v) is 15.0. The van der Waals surface area contributed by atoms with Crippen LogP contribution < -0.4 is 5.56 Å². The second-order valence-corrected chi connectivity index (χ2v) is 6.91. The van der Waals surface area contributed by atoms with Gasteiger partial charge in [-0.2, -0.15) is 0 Å². The highest BCUT2D eigenvalue weighted by atomic mass is 35.5. The second-order valence-electron chi connectivity index (χ2n) is 5.42. The number of aromatic nitrogens is 2. The van der Waals surface area contributed by atoms with Gasteiger partial charge in [-0.25, -0.2) is 4.98 Å². The fourth-order valence-electron chi connectivity index (χ4n) is 2.20. The van der Waals surface area contributed by atoms with Gasteiger partial charge in [0.05, 0.1) is 11.4 Å². The molecule has 2 heterocycles. The van der Waals surface area contributed by atoms with Gasteiger partial charge in [0.25, 0.3) is 5.56 Å². The molecular formula is C18H15ClN2O3S. The van der Waals surface area contributed by atoms with Crippen molar-refractivity contribution in [1.82, 2.24) is 9.38 Å². The molecule has 0 fully saturated rings. The van der Waals surface area contributed by atoms with Crippen LogP contribution in [0.1, 0.15) is 11.3 Å². The Labute approximate surface area is 153 Å². The minimum Gasteiger partial charge on any atom is -0.459 e. The van der Waals surface area contributed by atoms with E-state index in [4.69, 9.17) is 16.3 Å². The van der Waals surface area contributed by atoms with Gasteiger partial charge < -0.3 is 4.74 Å². The van der Waals surface area contributed by atoms with E-state index in [1.54, 1.807) is 24.4 Å².